The first kappa shape index (κ1) is 14.4. The molecular weight excluding hydrogens is 336 g/mol. The lowest BCUT2D eigenvalue weighted by molar-refractivity contribution is 0.0926. The maximum absolute atomic E-state index is 12.2. The van der Waals surface area contributed by atoms with Crippen LogP contribution in [0.3, 0.4) is 0 Å². The summed E-state index contributed by atoms with van der Waals surface area (Å²) >= 11 is 3.31. The van der Waals surface area contributed by atoms with Crippen LogP contribution in [0.15, 0.2) is 16.9 Å². The summed E-state index contributed by atoms with van der Waals surface area (Å²) in [7, 11) is 0. The molecule has 2 aromatic heterocycles. The molecule has 1 amide bonds. The largest absolute Gasteiger partial charge is 0.345 e. The van der Waals surface area contributed by atoms with Crippen LogP contribution in [0.1, 0.15) is 30.9 Å². The Labute approximate surface area is 130 Å². The van der Waals surface area contributed by atoms with Crippen molar-refractivity contribution in [2.75, 3.05) is 13.1 Å². The lowest BCUT2D eigenvalue weighted by Gasteiger charge is -2.20. The predicted octanol–water partition coefficient (Wildman–Crippen LogP) is 1.10. The first-order chi connectivity index (χ1) is 10.0. The molecule has 3 rings (SSSR count). The van der Waals surface area contributed by atoms with Crippen LogP contribution in [0.25, 0.3) is 5.78 Å². The minimum atomic E-state index is -0.243. The smallest absolute Gasteiger partial charge is 0.291 e. The predicted molar refractivity (Wildman–Crippen MR) is 81.1 cm³/mol. The van der Waals surface area contributed by atoms with Crippen molar-refractivity contribution < 1.29 is 4.79 Å². The van der Waals surface area contributed by atoms with Crippen LogP contribution in [0.5, 0.6) is 0 Å². The zero-order valence-electron chi connectivity index (χ0n) is 12.0. The molecule has 1 fully saturated rings. The second-order valence-corrected chi connectivity index (χ2v) is 6.42. The van der Waals surface area contributed by atoms with Crippen molar-refractivity contribution in [1.82, 2.24) is 29.8 Å². The monoisotopic (exact) mass is 352 g/mol. The van der Waals surface area contributed by atoms with Crippen LogP contribution < -0.4 is 5.32 Å². The molecule has 1 unspecified atom stereocenters. The molecule has 2 aromatic rings. The quantitative estimate of drug-likeness (QED) is 0.895. The molecule has 0 aromatic carbocycles. The Kier molecular flexibility index (Phi) is 3.90. The molecule has 1 N–H and O–H groups in total. The van der Waals surface area contributed by atoms with E-state index in [2.05, 4.69) is 55.1 Å². The molecule has 1 aliphatic heterocycles. The van der Waals surface area contributed by atoms with Gasteiger partial charge in [-0.25, -0.2) is 9.50 Å². The van der Waals surface area contributed by atoms with Crippen molar-refractivity contribution >= 4 is 27.6 Å². The third kappa shape index (κ3) is 3.06. The summed E-state index contributed by atoms with van der Waals surface area (Å²) in [6, 6.07) is 0.660. The Balaban J connectivity index is 1.70. The van der Waals surface area contributed by atoms with E-state index in [4.69, 9.17) is 0 Å². The number of hydrogen-bond acceptors (Lipinski definition) is 5. The minimum Gasteiger partial charge on any atom is -0.345 e. The Hall–Kier alpha value is -1.54. The summed E-state index contributed by atoms with van der Waals surface area (Å²) in [4.78, 5) is 22.8. The molecule has 0 radical (unpaired) electrons. The van der Waals surface area contributed by atoms with Crippen LogP contribution >= 0.6 is 15.9 Å². The molecule has 112 valence electrons. The Morgan fingerprint density at radius 2 is 2.33 bits per heavy atom. The fourth-order valence-electron chi connectivity index (χ4n) is 2.48. The van der Waals surface area contributed by atoms with Gasteiger partial charge in [0.1, 0.15) is 0 Å². The van der Waals surface area contributed by atoms with Crippen molar-refractivity contribution in [3.63, 3.8) is 0 Å². The van der Waals surface area contributed by atoms with Gasteiger partial charge in [-0.2, -0.15) is 4.98 Å². The van der Waals surface area contributed by atoms with Crippen LogP contribution in [-0.2, 0) is 0 Å². The number of halogens is 1. The van der Waals surface area contributed by atoms with Gasteiger partial charge in [0.2, 0.25) is 5.82 Å². The van der Waals surface area contributed by atoms with E-state index in [1.54, 1.807) is 12.4 Å². The number of hydrogen-bond donors (Lipinski definition) is 1. The summed E-state index contributed by atoms with van der Waals surface area (Å²) in [5.74, 6) is 0.328. The molecule has 3 heterocycles. The van der Waals surface area contributed by atoms with Crippen LogP contribution in [0.4, 0.5) is 0 Å². The number of fused-ring (bicyclic) bond motifs is 1. The van der Waals surface area contributed by atoms with Gasteiger partial charge >= 0.3 is 0 Å². The minimum absolute atomic E-state index is 0.156. The number of carbonyl (C=O) groups is 1. The molecule has 0 bridgehead atoms. The average molecular weight is 353 g/mol. The highest BCUT2D eigenvalue weighted by Gasteiger charge is 2.26. The highest BCUT2D eigenvalue weighted by Crippen LogP contribution is 2.13. The zero-order valence-corrected chi connectivity index (χ0v) is 13.5. The number of likely N-dealkylation sites (tertiary alicyclic amines) is 1. The Morgan fingerprint density at radius 3 is 3.05 bits per heavy atom. The zero-order chi connectivity index (χ0) is 15.0. The van der Waals surface area contributed by atoms with Gasteiger partial charge in [0.25, 0.3) is 11.7 Å². The van der Waals surface area contributed by atoms with E-state index in [9.17, 15) is 4.79 Å². The van der Waals surface area contributed by atoms with Crippen LogP contribution in [0.2, 0.25) is 0 Å². The Morgan fingerprint density at radius 1 is 1.52 bits per heavy atom. The standard InChI is InChI=1S/C13H17BrN6O/c1-8(2)19-4-3-10(7-19)16-12(21)11-17-13-15-5-9(14)6-20(13)18-11/h5-6,8,10H,3-4,7H2,1-2H3,(H,16,21). The van der Waals surface area contributed by atoms with Crippen LogP contribution in [-0.4, -0.2) is 55.6 Å². The van der Waals surface area contributed by atoms with Gasteiger partial charge in [0, 0.05) is 37.6 Å². The lowest BCUT2D eigenvalue weighted by Crippen LogP contribution is -2.38. The number of rotatable bonds is 3. The molecule has 1 atom stereocenters. The first-order valence-electron chi connectivity index (χ1n) is 6.96. The van der Waals surface area contributed by atoms with Gasteiger partial charge in [0.05, 0.1) is 4.47 Å². The second-order valence-electron chi connectivity index (χ2n) is 5.50. The van der Waals surface area contributed by atoms with Gasteiger partial charge in [-0.1, -0.05) is 0 Å². The topological polar surface area (TPSA) is 75.4 Å². The molecule has 21 heavy (non-hydrogen) atoms. The van der Waals surface area contributed by atoms with Crippen molar-refractivity contribution in [3.05, 3.63) is 22.7 Å². The molecule has 8 heteroatoms. The van der Waals surface area contributed by atoms with E-state index in [1.807, 2.05) is 0 Å². The SMILES string of the molecule is CC(C)N1CCC(NC(=O)c2nc3ncc(Br)cn3n2)C1. The normalized spacial score (nSPS) is 19.5. The number of amides is 1. The molecule has 1 saturated heterocycles. The van der Waals surface area contributed by atoms with E-state index in [0.29, 0.717) is 11.8 Å². The van der Waals surface area contributed by atoms with Crippen molar-refractivity contribution in [3.8, 4) is 0 Å². The van der Waals surface area contributed by atoms with E-state index in [1.165, 1.54) is 4.52 Å². The molecule has 0 aliphatic carbocycles. The van der Waals surface area contributed by atoms with Gasteiger partial charge < -0.3 is 5.32 Å². The fraction of sp³-hybridized carbons (Fsp3) is 0.538. The Bertz CT molecular complexity index is 670. The maximum atomic E-state index is 12.2. The summed E-state index contributed by atoms with van der Waals surface area (Å²) in [6.45, 7) is 6.21. The molecule has 1 aliphatic rings. The van der Waals surface area contributed by atoms with Gasteiger partial charge in [-0.05, 0) is 36.2 Å². The molecule has 7 nitrogen and oxygen atoms in total. The van der Waals surface area contributed by atoms with E-state index < -0.39 is 0 Å². The molecular formula is C13H17BrN6O. The van der Waals surface area contributed by atoms with E-state index in [-0.39, 0.29) is 17.8 Å². The number of aromatic nitrogens is 4. The van der Waals surface area contributed by atoms with Gasteiger partial charge in [0.15, 0.2) is 0 Å². The van der Waals surface area contributed by atoms with E-state index in [0.717, 1.165) is 24.0 Å². The summed E-state index contributed by atoms with van der Waals surface area (Å²) in [5.41, 5.74) is 0. The first-order valence-corrected chi connectivity index (χ1v) is 7.75. The van der Waals surface area contributed by atoms with Crippen molar-refractivity contribution in [1.29, 1.82) is 0 Å². The van der Waals surface area contributed by atoms with Crippen molar-refractivity contribution in [2.24, 2.45) is 0 Å². The molecule has 0 saturated carbocycles. The third-order valence-corrected chi connectivity index (χ3v) is 4.06. The summed E-state index contributed by atoms with van der Waals surface area (Å²) in [6.07, 6.45) is 4.31. The summed E-state index contributed by atoms with van der Waals surface area (Å²) < 4.78 is 2.28. The van der Waals surface area contributed by atoms with E-state index >= 15 is 0 Å². The third-order valence-electron chi connectivity index (χ3n) is 3.65. The van der Waals surface area contributed by atoms with Gasteiger partial charge in [-0.3, -0.25) is 9.69 Å². The fourth-order valence-corrected chi connectivity index (χ4v) is 2.78. The maximum Gasteiger partial charge on any atom is 0.291 e. The number of carbonyl (C=O) groups excluding carboxylic acids is 1. The highest BCUT2D eigenvalue weighted by molar-refractivity contribution is 9.10. The van der Waals surface area contributed by atoms with Crippen molar-refractivity contribution in [2.45, 2.75) is 32.4 Å². The second kappa shape index (κ2) is 5.69. The number of nitrogens with zero attached hydrogens (tertiary/aromatic N) is 5. The van der Waals surface area contributed by atoms with Crippen LogP contribution in [0, 0.1) is 0 Å². The molecule has 0 spiro atoms. The average Bonchev–Trinajstić information content (AvgIpc) is 3.04. The van der Waals surface area contributed by atoms with Gasteiger partial charge in [-0.15, -0.1) is 5.10 Å². The summed E-state index contributed by atoms with van der Waals surface area (Å²) in [5, 5.41) is 7.15. The lowest BCUT2D eigenvalue weighted by atomic mass is 10.2. The number of nitrogens with one attached hydrogen (secondary N) is 1. The highest BCUT2D eigenvalue weighted by atomic mass is 79.9.